The maximum Gasteiger partial charge on any atom is 0.336 e. The fourth-order valence-electron chi connectivity index (χ4n) is 2.15. The molecule has 7 heteroatoms. The van der Waals surface area contributed by atoms with E-state index < -0.39 is 5.63 Å². The highest BCUT2D eigenvalue weighted by Gasteiger charge is 2.12. The second-order valence-corrected chi connectivity index (χ2v) is 5.48. The molecular weight excluding hydrogens is 318 g/mol. The lowest BCUT2D eigenvalue weighted by atomic mass is 10.1. The van der Waals surface area contributed by atoms with E-state index in [0.717, 1.165) is 11.1 Å². The van der Waals surface area contributed by atoms with Crippen molar-refractivity contribution in [3.05, 3.63) is 57.0 Å². The number of aromatic hydroxyl groups is 1. The molecule has 0 aliphatic rings. The molecule has 0 aliphatic carbocycles. The lowest BCUT2D eigenvalue weighted by Gasteiger charge is -2.04. The number of pyridine rings is 1. The number of nitrogens with zero attached hydrogens (tertiary/aromatic N) is 3. The molecule has 6 nitrogen and oxygen atoms in total. The minimum absolute atomic E-state index is 0.0572. The highest BCUT2D eigenvalue weighted by Crippen LogP contribution is 2.37. The smallest absolute Gasteiger partial charge is 0.336 e. The van der Waals surface area contributed by atoms with Gasteiger partial charge in [0.15, 0.2) is 17.1 Å². The molecular formula is C16H12ClN3O3. The van der Waals surface area contributed by atoms with Crippen LogP contribution in [0.15, 0.2) is 49.9 Å². The molecule has 1 aromatic carbocycles. The molecule has 1 N–H and O–H groups in total. The van der Waals surface area contributed by atoms with Gasteiger partial charge in [0.25, 0.3) is 0 Å². The highest BCUT2D eigenvalue weighted by atomic mass is 35.5. The molecule has 0 aliphatic heterocycles. The summed E-state index contributed by atoms with van der Waals surface area (Å²) >= 11 is 6.05. The number of benzene rings is 1. The van der Waals surface area contributed by atoms with Crippen LogP contribution in [-0.4, -0.2) is 10.1 Å². The van der Waals surface area contributed by atoms with Gasteiger partial charge in [-0.3, -0.25) is 0 Å². The van der Waals surface area contributed by atoms with E-state index in [1.54, 1.807) is 25.3 Å². The van der Waals surface area contributed by atoms with Crippen molar-refractivity contribution in [3.8, 4) is 5.75 Å². The zero-order valence-corrected chi connectivity index (χ0v) is 13.1. The van der Waals surface area contributed by atoms with Crippen LogP contribution in [0.25, 0.3) is 11.0 Å². The minimum Gasteiger partial charge on any atom is -0.505 e. The van der Waals surface area contributed by atoms with Gasteiger partial charge in [-0.2, -0.15) is 0 Å². The lowest BCUT2D eigenvalue weighted by molar-refractivity contribution is 0.474. The fourth-order valence-corrected chi connectivity index (χ4v) is 2.41. The first-order valence-corrected chi connectivity index (χ1v) is 7.14. The Hall–Kier alpha value is -2.73. The predicted octanol–water partition coefficient (Wildman–Crippen LogP) is 4.58. The van der Waals surface area contributed by atoms with Gasteiger partial charge in [-0.1, -0.05) is 11.6 Å². The van der Waals surface area contributed by atoms with Crippen molar-refractivity contribution in [3.63, 3.8) is 0 Å². The van der Waals surface area contributed by atoms with Crippen molar-refractivity contribution < 1.29 is 9.52 Å². The van der Waals surface area contributed by atoms with E-state index in [-0.39, 0.29) is 22.8 Å². The molecule has 23 heavy (non-hydrogen) atoms. The first-order chi connectivity index (χ1) is 11.0. The fraction of sp³-hybridized carbons (Fsp3) is 0.125. The Balaban J connectivity index is 2.17. The summed E-state index contributed by atoms with van der Waals surface area (Å²) in [5.74, 6) is 0.0573. The number of rotatable bonds is 2. The van der Waals surface area contributed by atoms with Crippen LogP contribution in [-0.2, 0) is 0 Å². The van der Waals surface area contributed by atoms with E-state index in [0.29, 0.717) is 10.4 Å². The van der Waals surface area contributed by atoms with Crippen LogP contribution >= 0.6 is 11.6 Å². The number of aromatic nitrogens is 1. The Bertz CT molecular complexity index is 996. The van der Waals surface area contributed by atoms with Crippen molar-refractivity contribution in [1.29, 1.82) is 0 Å². The van der Waals surface area contributed by atoms with Crippen molar-refractivity contribution in [1.82, 2.24) is 4.98 Å². The summed E-state index contributed by atoms with van der Waals surface area (Å²) in [4.78, 5) is 15.7. The zero-order valence-electron chi connectivity index (χ0n) is 12.4. The van der Waals surface area contributed by atoms with Crippen LogP contribution in [0.1, 0.15) is 11.1 Å². The van der Waals surface area contributed by atoms with Gasteiger partial charge < -0.3 is 9.52 Å². The molecule has 116 valence electrons. The average Bonchev–Trinajstić information content (AvgIpc) is 2.47. The second-order valence-electron chi connectivity index (χ2n) is 5.08. The summed E-state index contributed by atoms with van der Waals surface area (Å²) in [5, 5.41) is 18.9. The van der Waals surface area contributed by atoms with Crippen LogP contribution in [0.5, 0.6) is 5.75 Å². The van der Waals surface area contributed by atoms with Crippen LogP contribution in [0, 0.1) is 13.8 Å². The van der Waals surface area contributed by atoms with E-state index >= 15 is 0 Å². The van der Waals surface area contributed by atoms with Gasteiger partial charge in [-0.15, -0.1) is 10.2 Å². The molecule has 2 heterocycles. The van der Waals surface area contributed by atoms with Crippen LogP contribution in [0.2, 0.25) is 5.02 Å². The van der Waals surface area contributed by atoms with E-state index in [1.807, 2.05) is 6.92 Å². The summed E-state index contributed by atoms with van der Waals surface area (Å²) in [5.41, 5.74) is 1.31. The second kappa shape index (κ2) is 5.81. The summed E-state index contributed by atoms with van der Waals surface area (Å²) in [6, 6.07) is 6.20. The third-order valence-corrected chi connectivity index (χ3v) is 3.55. The molecule has 3 rings (SSSR count). The Morgan fingerprint density at radius 2 is 2.00 bits per heavy atom. The molecule has 0 fully saturated rings. The van der Waals surface area contributed by atoms with Crippen molar-refractivity contribution in [2.24, 2.45) is 10.2 Å². The third-order valence-electron chi connectivity index (χ3n) is 3.28. The number of fused-ring (bicyclic) bond motifs is 1. The first kappa shape index (κ1) is 15.2. The monoisotopic (exact) mass is 329 g/mol. The van der Waals surface area contributed by atoms with Crippen LogP contribution in [0.4, 0.5) is 11.5 Å². The van der Waals surface area contributed by atoms with E-state index in [1.165, 1.54) is 12.1 Å². The number of phenols is 1. The summed E-state index contributed by atoms with van der Waals surface area (Å²) in [7, 11) is 0. The van der Waals surface area contributed by atoms with Crippen LogP contribution in [0.3, 0.4) is 0 Å². The normalized spacial score (nSPS) is 11.4. The van der Waals surface area contributed by atoms with Gasteiger partial charge >= 0.3 is 5.63 Å². The highest BCUT2D eigenvalue weighted by molar-refractivity contribution is 6.32. The standard InChI is InChI=1S/C16H12ClN3O3/c1-8-5-11(17)16(18-7-8)20-19-14-12(21)4-3-10-9(2)6-13(22)23-15(10)14/h3-7,21H,1-2H3. The number of phenolic OH excluding ortho intramolecular Hbond substituents is 1. The molecule has 0 unspecified atom stereocenters. The van der Waals surface area contributed by atoms with Gasteiger partial charge in [0.05, 0.1) is 5.02 Å². The predicted molar refractivity (Wildman–Crippen MR) is 87.0 cm³/mol. The third kappa shape index (κ3) is 2.93. The topological polar surface area (TPSA) is 88.0 Å². The summed E-state index contributed by atoms with van der Waals surface area (Å²) in [6.45, 7) is 3.63. The van der Waals surface area contributed by atoms with E-state index in [9.17, 15) is 9.90 Å². The molecule has 0 radical (unpaired) electrons. The number of azo groups is 1. The largest absolute Gasteiger partial charge is 0.505 e. The van der Waals surface area contributed by atoms with Gasteiger partial charge in [0.1, 0.15) is 5.75 Å². The molecule has 0 amide bonds. The van der Waals surface area contributed by atoms with Gasteiger partial charge in [0, 0.05) is 17.6 Å². The summed E-state index contributed by atoms with van der Waals surface area (Å²) in [6.07, 6.45) is 1.60. The molecule has 3 aromatic rings. The number of hydrogen-bond acceptors (Lipinski definition) is 6. The van der Waals surface area contributed by atoms with Gasteiger partial charge in [0.2, 0.25) is 0 Å². The maximum absolute atomic E-state index is 11.6. The Kier molecular flexibility index (Phi) is 3.83. The van der Waals surface area contributed by atoms with Crippen molar-refractivity contribution >= 4 is 34.1 Å². The zero-order chi connectivity index (χ0) is 16.6. The van der Waals surface area contributed by atoms with Gasteiger partial charge in [-0.25, -0.2) is 9.78 Å². The van der Waals surface area contributed by atoms with E-state index in [4.69, 9.17) is 16.0 Å². The molecule has 0 saturated carbocycles. The molecule has 2 aromatic heterocycles. The Labute approximate surface area is 136 Å². The number of aryl methyl sites for hydroxylation is 2. The first-order valence-electron chi connectivity index (χ1n) is 6.76. The summed E-state index contributed by atoms with van der Waals surface area (Å²) < 4.78 is 5.17. The quantitative estimate of drug-likeness (QED) is 0.550. The Morgan fingerprint density at radius 1 is 1.22 bits per heavy atom. The average molecular weight is 330 g/mol. The minimum atomic E-state index is -0.524. The van der Waals surface area contributed by atoms with Gasteiger partial charge in [-0.05, 0) is 43.2 Å². The maximum atomic E-state index is 11.6. The number of halogens is 1. The lowest BCUT2D eigenvalue weighted by Crippen LogP contribution is -1.97. The number of hydrogen-bond donors (Lipinski definition) is 1. The Morgan fingerprint density at radius 3 is 2.74 bits per heavy atom. The van der Waals surface area contributed by atoms with E-state index in [2.05, 4.69) is 15.2 Å². The SMILES string of the molecule is Cc1cnc(N=Nc2c(O)ccc3c(C)cc(=O)oc23)c(Cl)c1. The molecule has 0 atom stereocenters. The van der Waals surface area contributed by atoms with Crippen molar-refractivity contribution in [2.75, 3.05) is 0 Å². The van der Waals surface area contributed by atoms with Crippen molar-refractivity contribution in [2.45, 2.75) is 13.8 Å². The molecule has 0 spiro atoms. The molecule has 0 saturated heterocycles. The molecule has 0 bridgehead atoms. The van der Waals surface area contributed by atoms with Crippen LogP contribution < -0.4 is 5.63 Å².